The van der Waals surface area contributed by atoms with Gasteiger partial charge in [-0.2, -0.15) is 0 Å². The van der Waals surface area contributed by atoms with Crippen LogP contribution in [0.25, 0.3) is 0 Å². The molecule has 0 bridgehead atoms. The largest absolute Gasteiger partial charge is 0.394 e. The predicted molar refractivity (Wildman–Crippen MR) is 155 cm³/mol. The first-order valence-electron chi connectivity index (χ1n) is 17.1. The molecule has 44 heavy (non-hydrogen) atoms. The van der Waals surface area contributed by atoms with Crippen LogP contribution in [0.5, 0.6) is 0 Å². The lowest BCUT2D eigenvalue weighted by Gasteiger charge is -2.66. The lowest BCUT2D eigenvalue weighted by molar-refractivity contribution is -0.351. The van der Waals surface area contributed by atoms with Crippen molar-refractivity contribution in [3.63, 3.8) is 0 Å². The van der Waals surface area contributed by atoms with E-state index in [2.05, 4.69) is 20.8 Å². The number of fused-ring (bicyclic) bond motifs is 7. The maximum atomic E-state index is 12.3. The Balaban J connectivity index is 1.10. The first-order chi connectivity index (χ1) is 20.7. The van der Waals surface area contributed by atoms with Gasteiger partial charge in [0, 0.05) is 24.2 Å². The SMILES string of the molecule is CC1CCC2(OC1)OC1CC3C4CCC5(O)C(O)C(OC6OC(CO)C(O)C(O)C6O)CC(O)C5(C)C4CCC3(C)C1C2C. The Morgan fingerprint density at radius 2 is 1.61 bits per heavy atom. The second-order valence-electron chi connectivity index (χ2n) is 16.2. The Hall–Kier alpha value is -0.440. The minimum absolute atomic E-state index is 0.00380. The highest BCUT2D eigenvalue weighted by molar-refractivity contribution is 5.21. The van der Waals surface area contributed by atoms with Gasteiger partial charge in [0.1, 0.15) is 36.1 Å². The third-order valence-electron chi connectivity index (χ3n) is 14.4. The molecular formula is C33H54O11. The number of ether oxygens (including phenoxy) is 4. The Labute approximate surface area is 259 Å². The van der Waals surface area contributed by atoms with Gasteiger partial charge in [-0.15, -0.1) is 0 Å². The second-order valence-corrected chi connectivity index (χ2v) is 16.2. The summed E-state index contributed by atoms with van der Waals surface area (Å²) in [7, 11) is 0. The average molecular weight is 627 g/mol. The van der Waals surface area contributed by atoms with E-state index < -0.39 is 72.4 Å². The van der Waals surface area contributed by atoms with E-state index in [0.29, 0.717) is 36.5 Å². The van der Waals surface area contributed by atoms with Crippen molar-refractivity contribution < 1.29 is 54.7 Å². The molecule has 0 aromatic heterocycles. The van der Waals surface area contributed by atoms with Crippen LogP contribution in [0, 0.1) is 46.3 Å². The summed E-state index contributed by atoms with van der Waals surface area (Å²) in [4.78, 5) is 0. The van der Waals surface area contributed by atoms with Crippen LogP contribution in [0.1, 0.15) is 79.1 Å². The van der Waals surface area contributed by atoms with Crippen LogP contribution in [-0.2, 0) is 18.9 Å². The van der Waals surface area contributed by atoms with E-state index >= 15 is 0 Å². The molecule has 3 saturated heterocycles. The van der Waals surface area contributed by atoms with Gasteiger partial charge >= 0.3 is 0 Å². The van der Waals surface area contributed by atoms with Gasteiger partial charge in [-0.25, -0.2) is 0 Å². The monoisotopic (exact) mass is 626 g/mol. The van der Waals surface area contributed by atoms with Crippen molar-refractivity contribution in [1.82, 2.24) is 0 Å². The number of aliphatic hydroxyl groups excluding tert-OH is 6. The minimum atomic E-state index is -1.65. The standard InChI is InChI=1S/C33H54O11/c1-15-5-10-33(41-14-15)16(2)24-20(44-33)11-19-17-6-9-32(40)28(39)21(42-29-27(38)26(37)25(36)22(13-34)43-29)12-23(35)31(32,4)18(17)7-8-30(19,24)3/h15-29,34-40H,5-14H2,1-4H3. The van der Waals surface area contributed by atoms with Crippen LogP contribution in [0.15, 0.2) is 0 Å². The Morgan fingerprint density at radius 3 is 2.30 bits per heavy atom. The molecule has 3 aliphatic heterocycles. The summed E-state index contributed by atoms with van der Waals surface area (Å²) in [5, 5.41) is 76.3. The van der Waals surface area contributed by atoms with E-state index in [1.807, 2.05) is 6.92 Å². The molecule has 0 amide bonds. The van der Waals surface area contributed by atoms with Crippen molar-refractivity contribution in [2.24, 2.45) is 46.3 Å². The average Bonchev–Trinajstić information content (AvgIpc) is 3.44. The van der Waals surface area contributed by atoms with Crippen molar-refractivity contribution in [2.75, 3.05) is 13.2 Å². The van der Waals surface area contributed by atoms with E-state index in [9.17, 15) is 35.7 Å². The quantitative estimate of drug-likeness (QED) is 0.219. The number of aliphatic hydroxyl groups is 7. The van der Waals surface area contributed by atoms with E-state index in [-0.39, 0.29) is 29.8 Å². The van der Waals surface area contributed by atoms with Gasteiger partial charge < -0.3 is 54.7 Å². The fourth-order valence-corrected chi connectivity index (χ4v) is 11.8. The van der Waals surface area contributed by atoms with Crippen molar-refractivity contribution in [3.05, 3.63) is 0 Å². The summed E-state index contributed by atoms with van der Waals surface area (Å²) in [5.74, 6) is 1.41. The smallest absolute Gasteiger partial charge is 0.187 e. The molecule has 7 N–H and O–H groups in total. The normalized spacial score (nSPS) is 62.1. The maximum Gasteiger partial charge on any atom is 0.187 e. The molecule has 7 rings (SSSR count). The highest BCUT2D eigenvalue weighted by Crippen LogP contribution is 2.72. The van der Waals surface area contributed by atoms with Crippen LogP contribution in [-0.4, -0.2) is 115 Å². The Morgan fingerprint density at radius 1 is 0.864 bits per heavy atom. The Bertz CT molecular complexity index is 1080. The first kappa shape index (κ1) is 32.1. The van der Waals surface area contributed by atoms with E-state index in [1.165, 1.54) is 0 Å². The molecule has 3 heterocycles. The molecule has 19 atom stereocenters. The maximum absolute atomic E-state index is 12.3. The van der Waals surface area contributed by atoms with E-state index in [0.717, 1.165) is 38.7 Å². The first-order valence-corrected chi connectivity index (χ1v) is 17.1. The zero-order valence-electron chi connectivity index (χ0n) is 26.5. The van der Waals surface area contributed by atoms with Crippen LogP contribution in [0.4, 0.5) is 0 Å². The number of hydrogen-bond donors (Lipinski definition) is 7. The van der Waals surface area contributed by atoms with Gasteiger partial charge in [-0.1, -0.05) is 27.7 Å². The molecule has 0 aromatic carbocycles. The van der Waals surface area contributed by atoms with Gasteiger partial charge in [0.15, 0.2) is 12.1 Å². The van der Waals surface area contributed by atoms with Crippen molar-refractivity contribution >= 4 is 0 Å². The van der Waals surface area contributed by atoms with Crippen molar-refractivity contribution in [1.29, 1.82) is 0 Å². The highest BCUT2D eigenvalue weighted by atomic mass is 16.7. The van der Waals surface area contributed by atoms with Gasteiger partial charge in [0.2, 0.25) is 0 Å². The van der Waals surface area contributed by atoms with Gasteiger partial charge in [-0.3, -0.25) is 0 Å². The molecule has 4 saturated carbocycles. The third kappa shape index (κ3) is 4.20. The summed E-state index contributed by atoms with van der Waals surface area (Å²) in [5.41, 5.74) is -2.56. The van der Waals surface area contributed by atoms with E-state index in [1.54, 1.807) is 0 Å². The van der Waals surface area contributed by atoms with E-state index in [4.69, 9.17) is 18.9 Å². The fraction of sp³-hybridized carbons (Fsp3) is 1.00. The minimum Gasteiger partial charge on any atom is -0.394 e. The second kappa shape index (κ2) is 10.8. The van der Waals surface area contributed by atoms with Crippen molar-refractivity contribution in [3.8, 4) is 0 Å². The van der Waals surface area contributed by atoms with Crippen LogP contribution >= 0.6 is 0 Å². The Kier molecular flexibility index (Phi) is 7.87. The lowest BCUT2D eigenvalue weighted by Crippen LogP contribution is -2.74. The predicted octanol–water partition coefficient (Wildman–Crippen LogP) is 0.675. The number of hydrogen-bond acceptors (Lipinski definition) is 11. The molecule has 11 heteroatoms. The topological polar surface area (TPSA) is 179 Å². The van der Waals surface area contributed by atoms with Crippen LogP contribution in [0.3, 0.4) is 0 Å². The molecule has 0 radical (unpaired) electrons. The van der Waals surface area contributed by atoms with Crippen molar-refractivity contribution in [2.45, 2.75) is 146 Å². The molecule has 7 aliphatic rings. The highest BCUT2D eigenvalue weighted by Gasteiger charge is 2.73. The van der Waals surface area contributed by atoms with Gasteiger partial charge in [0.25, 0.3) is 0 Å². The molecule has 11 nitrogen and oxygen atoms in total. The molecule has 252 valence electrons. The molecular weight excluding hydrogens is 572 g/mol. The summed E-state index contributed by atoms with van der Waals surface area (Å²) < 4.78 is 24.8. The zero-order chi connectivity index (χ0) is 31.6. The summed E-state index contributed by atoms with van der Waals surface area (Å²) in [6.07, 6.45) is -4.96. The number of rotatable bonds is 3. The van der Waals surface area contributed by atoms with Crippen LogP contribution < -0.4 is 0 Å². The zero-order valence-corrected chi connectivity index (χ0v) is 26.5. The summed E-state index contributed by atoms with van der Waals surface area (Å²) in [6.45, 7) is 9.04. The van der Waals surface area contributed by atoms with Gasteiger partial charge in [-0.05, 0) is 73.5 Å². The molecule has 7 fully saturated rings. The molecule has 0 aromatic rings. The molecule has 19 unspecified atom stereocenters. The third-order valence-corrected chi connectivity index (χ3v) is 14.4. The van der Waals surface area contributed by atoms with Crippen LogP contribution in [0.2, 0.25) is 0 Å². The lowest BCUT2D eigenvalue weighted by atomic mass is 9.41. The summed E-state index contributed by atoms with van der Waals surface area (Å²) in [6, 6.07) is 0. The summed E-state index contributed by atoms with van der Waals surface area (Å²) >= 11 is 0. The fourth-order valence-electron chi connectivity index (χ4n) is 11.8. The van der Waals surface area contributed by atoms with Gasteiger partial charge in [0.05, 0.1) is 31.5 Å². The molecule has 1 spiro atoms. The molecule has 4 aliphatic carbocycles.